The molecule has 160 valence electrons. The quantitative estimate of drug-likeness (QED) is 0.518. The largest absolute Gasteiger partial charge is 0.378 e. The molecule has 4 heterocycles. The van der Waals surface area contributed by atoms with E-state index in [1.54, 1.807) is 18.5 Å². The van der Waals surface area contributed by atoms with Gasteiger partial charge in [0, 0.05) is 42.5 Å². The maximum Gasteiger partial charge on any atom is 0.183 e. The summed E-state index contributed by atoms with van der Waals surface area (Å²) < 4.78 is 14.4. The number of anilines is 1. The number of likely N-dealkylation sites (tertiary alicyclic amines) is 1. The SMILES string of the molecule is CCCC(O)N1CCCC[C@@H]1CNc1nc(-c2c[nH]c3ncc(Cl)cc23)ncc1F. The van der Waals surface area contributed by atoms with E-state index in [1.807, 2.05) is 0 Å². The first-order chi connectivity index (χ1) is 14.6. The van der Waals surface area contributed by atoms with Crippen molar-refractivity contribution in [2.75, 3.05) is 18.4 Å². The number of fused-ring (bicyclic) bond motifs is 1. The lowest BCUT2D eigenvalue weighted by molar-refractivity contribution is -0.0418. The summed E-state index contributed by atoms with van der Waals surface area (Å²) in [7, 11) is 0. The fourth-order valence-electron chi connectivity index (χ4n) is 4.06. The number of rotatable bonds is 7. The van der Waals surface area contributed by atoms with Crippen LogP contribution in [0.15, 0.2) is 24.7 Å². The number of pyridine rings is 1. The fraction of sp³-hybridized carbons (Fsp3) is 0.476. The van der Waals surface area contributed by atoms with E-state index in [1.165, 1.54) is 6.20 Å². The fourth-order valence-corrected chi connectivity index (χ4v) is 4.21. The van der Waals surface area contributed by atoms with Gasteiger partial charge >= 0.3 is 0 Å². The van der Waals surface area contributed by atoms with Crippen molar-refractivity contribution in [3.05, 3.63) is 35.5 Å². The number of piperidine rings is 1. The molecule has 0 saturated carbocycles. The van der Waals surface area contributed by atoms with Gasteiger partial charge in [-0.05, 0) is 25.3 Å². The Labute approximate surface area is 179 Å². The normalized spacial score (nSPS) is 18.6. The molecule has 0 amide bonds. The Hall–Kier alpha value is -2.29. The second-order valence-electron chi connectivity index (χ2n) is 7.68. The van der Waals surface area contributed by atoms with Gasteiger partial charge in [0.2, 0.25) is 0 Å². The Kier molecular flexibility index (Phi) is 6.46. The van der Waals surface area contributed by atoms with E-state index in [0.29, 0.717) is 28.6 Å². The van der Waals surface area contributed by atoms with Crippen molar-refractivity contribution in [2.24, 2.45) is 0 Å². The molecule has 3 aromatic heterocycles. The number of aromatic amines is 1. The van der Waals surface area contributed by atoms with Gasteiger partial charge in [-0.2, -0.15) is 0 Å². The van der Waals surface area contributed by atoms with Crippen LogP contribution in [0, 0.1) is 5.82 Å². The van der Waals surface area contributed by atoms with Crippen molar-refractivity contribution in [1.29, 1.82) is 0 Å². The molecule has 0 aliphatic carbocycles. The zero-order chi connectivity index (χ0) is 21.1. The Morgan fingerprint density at radius 3 is 3.07 bits per heavy atom. The molecule has 1 aliphatic heterocycles. The number of hydrogen-bond donors (Lipinski definition) is 3. The van der Waals surface area contributed by atoms with Crippen LogP contribution in [-0.2, 0) is 0 Å². The Morgan fingerprint density at radius 1 is 1.37 bits per heavy atom. The number of hydrogen-bond acceptors (Lipinski definition) is 6. The number of aliphatic hydroxyl groups is 1. The van der Waals surface area contributed by atoms with Gasteiger partial charge in [-0.15, -0.1) is 0 Å². The van der Waals surface area contributed by atoms with Gasteiger partial charge in [0.1, 0.15) is 11.9 Å². The predicted molar refractivity (Wildman–Crippen MR) is 116 cm³/mol. The van der Waals surface area contributed by atoms with Crippen molar-refractivity contribution >= 4 is 28.5 Å². The molecule has 9 heteroatoms. The van der Waals surface area contributed by atoms with Crippen molar-refractivity contribution in [1.82, 2.24) is 24.8 Å². The highest BCUT2D eigenvalue weighted by molar-refractivity contribution is 6.31. The number of halogens is 2. The minimum Gasteiger partial charge on any atom is -0.378 e. The zero-order valence-electron chi connectivity index (χ0n) is 16.9. The Morgan fingerprint density at radius 2 is 2.23 bits per heavy atom. The molecule has 0 bridgehead atoms. The van der Waals surface area contributed by atoms with E-state index in [-0.39, 0.29) is 11.9 Å². The third kappa shape index (κ3) is 4.40. The maximum absolute atomic E-state index is 14.4. The van der Waals surface area contributed by atoms with Crippen LogP contribution >= 0.6 is 11.6 Å². The molecular weight excluding hydrogens is 407 g/mol. The highest BCUT2D eigenvalue weighted by Gasteiger charge is 2.27. The highest BCUT2D eigenvalue weighted by Crippen LogP contribution is 2.28. The summed E-state index contributed by atoms with van der Waals surface area (Å²) in [6, 6.07) is 1.92. The molecule has 1 aliphatic rings. The second kappa shape index (κ2) is 9.24. The third-order valence-corrected chi connectivity index (χ3v) is 5.80. The van der Waals surface area contributed by atoms with E-state index in [2.05, 4.69) is 37.1 Å². The molecule has 3 N–H and O–H groups in total. The van der Waals surface area contributed by atoms with E-state index in [0.717, 1.165) is 44.0 Å². The van der Waals surface area contributed by atoms with Crippen LogP contribution in [0.25, 0.3) is 22.4 Å². The van der Waals surface area contributed by atoms with Crippen molar-refractivity contribution < 1.29 is 9.50 Å². The molecule has 0 radical (unpaired) electrons. The third-order valence-electron chi connectivity index (χ3n) is 5.59. The summed E-state index contributed by atoms with van der Waals surface area (Å²) in [6.07, 6.45) is 8.80. The summed E-state index contributed by atoms with van der Waals surface area (Å²) in [5.41, 5.74) is 1.38. The van der Waals surface area contributed by atoms with Gasteiger partial charge in [-0.3, -0.25) is 4.90 Å². The van der Waals surface area contributed by atoms with Crippen molar-refractivity contribution in [3.63, 3.8) is 0 Å². The molecule has 0 spiro atoms. The van der Waals surface area contributed by atoms with Gasteiger partial charge < -0.3 is 15.4 Å². The average molecular weight is 433 g/mol. The lowest BCUT2D eigenvalue weighted by Gasteiger charge is -2.39. The molecule has 3 aromatic rings. The molecule has 2 atom stereocenters. The predicted octanol–water partition coefficient (Wildman–Crippen LogP) is 4.20. The number of H-pyrrole nitrogens is 1. The van der Waals surface area contributed by atoms with Crippen LogP contribution < -0.4 is 5.32 Å². The first kappa shape index (κ1) is 21.0. The summed E-state index contributed by atoms with van der Waals surface area (Å²) in [6.45, 7) is 3.43. The van der Waals surface area contributed by atoms with Gasteiger partial charge in [-0.25, -0.2) is 19.3 Å². The second-order valence-corrected chi connectivity index (χ2v) is 8.12. The number of aliphatic hydroxyl groups excluding tert-OH is 1. The van der Waals surface area contributed by atoms with Crippen LogP contribution in [0.1, 0.15) is 39.0 Å². The van der Waals surface area contributed by atoms with E-state index in [4.69, 9.17) is 11.6 Å². The standard InChI is InChI=1S/C21H26ClFN6O/c1-2-5-18(30)29-7-4-3-6-14(29)10-25-21-17(23)12-27-20(28-21)16-11-26-19-15(16)8-13(22)9-24-19/h8-9,11-12,14,18,30H,2-7,10H2,1H3,(H,24,26)(H,25,27,28)/t14-,18?/m1/s1. The first-order valence-electron chi connectivity index (χ1n) is 10.4. The Bertz CT molecular complexity index is 1010. The van der Waals surface area contributed by atoms with Gasteiger partial charge in [0.25, 0.3) is 0 Å². The van der Waals surface area contributed by atoms with Crippen LogP contribution in [0.3, 0.4) is 0 Å². The Balaban J connectivity index is 1.54. The first-order valence-corrected chi connectivity index (χ1v) is 10.8. The molecule has 4 rings (SSSR count). The lowest BCUT2D eigenvalue weighted by atomic mass is 10.0. The van der Waals surface area contributed by atoms with E-state index >= 15 is 0 Å². The zero-order valence-corrected chi connectivity index (χ0v) is 17.7. The minimum atomic E-state index is -0.508. The topological polar surface area (TPSA) is 90.0 Å². The van der Waals surface area contributed by atoms with Crippen LogP contribution in [-0.4, -0.2) is 55.3 Å². The molecule has 1 fully saturated rings. The number of nitrogens with one attached hydrogen (secondary N) is 2. The molecule has 1 saturated heterocycles. The van der Waals surface area contributed by atoms with E-state index < -0.39 is 12.0 Å². The molecule has 1 unspecified atom stereocenters. The average Bonchev–Trinajstić information content (AvgIpc) is 3.16. The smallest absolute Gasteiger partial charge is 0.183 e. The highest BCUT2D eigenvalue weighted by atomic mass is 35.5. The van der Waals surface area contributed by atoms with E-state index in [9.17, 15) is 9.50 Å². The molecule has 0 aromatic carbocycles. The van der Waals surface area contributed by atoms with Gasteiger partial charge in [0.05, 0.1) is 11.2 Å². The van der Waals surface area contributed by atoms with Crippen LogP contribution in [0.5, 0.6) is 0 Å². The monoisotopic (exact) mass is 432 g/mol. The van der Waals surface area contributed by atoms with Crippen LogP contribution in [0.2, 0.25) is 5.02 Å². The van der Waals surface area contributed by atoms with Crippen molar-refractivity contribution in [3.8, 4) is 11.4 Å². The van der Waals surface area contributed by atoms with Gasteiger partial charge in [0.15, 0.2) is 17.5 Å². The summed E-state index contributed by atoms with van der Waals surface area (Å²) >= 11 is 6.07. The summed E-state index contributed by atoms with van der Waals surface area (Å²) in [5.74, 6) is 0.0341. The minimum absolute atomic E-state index is 0.134. The number of nitrogens with zero attached hydrogens (tertiary/aromatic N) is 4. The summed E-state index contributed by atoms with van der Waals surface area (Å²) in [4.78, 5) is 18.0. The maximum atomic E-state index is 14.4. The number of aromatic nitrogens is 4. The summed E-state index contributed by atoms with van der Waals surface area (Å²) in [5, 5.41) is 14.9. The molecule has 7 nitrogen and oxygen atoms in total. The molecule has 30 heavy (non-hydrogen) atoms. The van der Waals surface area contributed by atoms with Crippen LogP contribution in [0.4, 0.5) is 10.2 Å². The van der Waals surface area contributed by atoms with Gasteiger partial charge in [-0.1, -0.05) is 31.4 Å². The molecular formula is C21H26ClFN6O. The van der Waals surface area contributed by atoms with Crippen molar-refractivity contribution in [2.45, 2.75) is 51.3 Å². The lowest BCUT2D eigenvalue weighted by Crippen LogP contribution is -2.49.